The second kappa shape index (κ2) is 8.61. The first kappa shape index (κ1) is 19.4. The van der Waals surface area contributed by atoms with E-state index in [1.54, 1.807) is 0 Å². The number of nitrogens with zero attached hydrogens (tertiary/aromatic N) is 4. The van der Waals surface area contributed by atoms with Crippen molar-refractivity contribution < 1.29 is 19.4 Å². The van der Waals surface area contributed by atoms with Gasteiger partial charge in [-0.2, -0.15) is 5.10 Å². The van der Waals surface area contributed by atoms with Crippen molar-refractivity contribution in [3.05, 3.63) is 17.5 Å². The number of ether oxygens (including phenoxy) is 1. The third-order valence-corrected chi connectivity index (χ3v) is 6.34. The van der Waals surface area contributed by atoms with Crippen LogP contribution in [0.5, 0.6) is 0 Å². The van der Waals surface area contributed by atoms with Gasteiger partial charge < -0.3 is 19.6 Å². The zero-order valence-electron chi connectivity index (χ0n) is 16.4. The lowest BCUT2D eigenvalue weighted by atomic mass is 9.92. The predicted molar refractivity (Wildman–Crippen MR) is 102 cm³/mol. The molecule has 0 aliphatic carbocycles. The minimum absolute atomic E-state index is 0.0881. The number of carboxylic acid groups (broad SMARTS) is 1. The number of likely N-dealkylation sites (tertiary alicyclic amines) is 1. The summed E-state index contributed by atoms with van der Waals surface area (Å²) in [5.74, 6) is -0.418. The Morgan fingerprint density at radius 1 is 1.11 bits per heavy atom. The Morgan fingerprint density at radius 3 is 2.57 bits per heavy atom. The van der Waals surface area contributed by atoms with Gasteiger partial charge in [-0.25, -0.2) is 0 Å². The molecule has 1 aromatic rings. The van der Waals surface area contributed by atoms with E-state index in [1.165, 1.54) is 0 Å². The van der Waals surface area contributed by atoms with Gasteiger partial charge in [0.1, 0.15) is 0 Å². The number of amides is 1. The van der Waals surface area contributed by atoms with E-state index in [0.717, 1.165) is 63.4 Å². The number of aliphatic carboxylic acids is 1. The first-order chi connectivity index (χ1) is 13.6. The number of carboxylic acids is 1. The van der Waals surface area contributed by atoms with Gasteiger partial charge in [-0.05, 0) is 44.8 Å². The Bertz CT molecular complexity index is 705. The lowest BCUT2D eigenvalue weighted by Gasteiger charge is -2.40. The Kier molecular flexibility index (Phi) is 5.96. The summed E-state index contributed by atoms with van der Waals surface area (Å²) in [6, 6.07) is 2.58. The molecule has 3 aliphatic heterocycles. The van der Waals surface area contributed by atoms with Crippen molar-refractivity contribution in [3.63, 3.8) is 0 Å². The molecule has 4 rings (SSSR count). The summed E-state index contributed by atoms with van der Waals surface area (Å²) >= 11 is 0. The van der Waals surface area contributed by atoms with E-state index in [1.807, 2.05) is 15.6 Å². The molecule has 1 aromatic heterocycles. The van der Waals surface area contributed by atoms with Crippen LogP contribution in [0.3, 0.4) is 0 Å². The maximum atomic E-state index is 13.0. The summed E-state index contributed by atoms with van der Waals surface area (Å²) in [5, 5.41) is 13.3. The van der Waals surface area contributed by atoms with E-state index >= 15 is 0 Å². The molecule has 8 heteroatoms. The molecule has 28 heavy (non-hydrogen) atoms. The van der Waals surface area contributed by atoms with Crippen LogP contribution < -0.4 is 0 Å². The van der Waals surface area contributed by atoms with Crippen LogP contribution in [0.1, 0.15) is 43.5 Å². The standard InChI is InChI=1S/C20H30N4O4/c25-19(26)2-1-16-13-18-14-23(9-10-24(18)21-16)20(27)15-3-7-22(8-4-15)17-5-11-28-12-6-17/h13,15,17H,1-12,14H2,(H,25,26). The minimum atomic E-state index is -0.810. The Labute approximate surface area is 165 Å². The van der Waals surface area contributed by atoms with Crippen LogP contribution in [-0.4, -0.2) is 75.5 Å². The van der Waals surface area contributed by atoms with Crippen LogP contribution in [0, 0.1) is 5.92 Å². The lowest BCUT2D eigenvalue weighted by molar-refractivity contribution is -0.139. The molecule has 4 heterocycles. The van der Waals surface area contributed by atoms with Gasteiger partial charge in [0.25, 0.3) is 0 Å². The summed E-state index contributed by atoms with van der Waals surface area (Å²) < 4.78 is 7.39. The molecular weight excluding hydrogens is 360 g/mol. The molecule has 0 spiro atoms. The van der Waals surface area contributed by atoms with E-state index in [2.05, 4.69) is 10.00 Å². The number of carbonyl (C=O) groups excluding carboxylic acids is 1. The monoisotopic (exact) mass is 390 g/mol. The molecule has 0 radical (unpaired) electrons. The van der Waals surface area contributed by atoms with E-state index in [-0.39, 0.29) is 18.2 Å². The van der Waals surface area contributed by atoms with E-state index < -0.39 is 5.97 Å². The lowest BCUT2D eigenvalue weighted by Crippen LogP contribution is -2.48. The molecule has 0 atom stereocenters. The van der Waals surface area contributed by atoms with Crippen LogP contribution >= 0.6 is 0 Å². The van der Waals surface area contributed by atoms with E-state index in [9.17, 15) is 9.59 Å². The number of carbonyl (C=O) groups is 2. The molecule has 0 unspecified atom stereocenters. The number of aromatic nitrogens is 2. The number of hydrogen-bond donors (Lipinski definition) is 1. The molecule has 2 fully saturated rings. The van der Waals surface area contributed by atoms with Gasteiger partial charge in [-0.1, -0.05) is 0 Å². The highest BCUT2D eigenvalue weighted by molar-refractivity contribution is 5.79. The first-order valence-electron chi connectivity index (χ1n) is 10.5. The molecular formula is C20H30N4O4. The average Bonchev–Trinajstić information content (AvgIpc) is 3.15. The number of piperidine rings is 1. The van der Waals surface area contributed by atoms with Crippen molar-refractivity contribution in [2.24, 2.45) is 5.92 Å². The molecule has 3 aliphatic rings. The van der Waals surface area contributed by atoms with Crippen LogP contribution in [0.25, 0.3) is 0 Å². The summed E-state index contributed by atoms with van der Waals surface area (Å²) in [6.07, 6.45) is 4.63. The third-order valence-electron chi connectivity index (χ3n) is 6.34. The number of aryl methyl sites for hydroxylation is 1. The largest absolute Gasteiger partial charge is 0.481 e. The van der Waals surface area contributed by atoms with Crippen molar-refractivity contribution in [2.75, 3.05) is 32.8 Å². The van der Waals surface area contributed by atoms with Gasteiger partial charge >= 0.3 is 5.97 Å². The van der Waals surface area contributed by atoms with Crippen molar-refractivity contribution in [1.29, 1.82) is 0 Å². The smallest absolute Gasteiger partial charge is 0.303 e. The fourth-order valence-corrected chi connectivity index (χ4v) is 4.69. The summed E-state index contributed by atoms with van der Waals surface area (Å²) in [4.78, 5) is 28.3. The van der Waals surface area contributed by atoms with Crippen molar-refractivity contribution in [1.82, 2.24) is 19.6 Å². The van der Waals surface area contributed by atoms with E-state index in [0.29, 0.717) is 32.1 Å². The van der Waals surface area contributed by atoms with Crippen LogP contribution in [0.2, 0.25) is 0 Å². The highest BCUT2D eigenvalue weighted by atomic mass is 16.5. The second-order valence-corrected chi connectivity index (χ2v) is 8.16. The molecule has 1 N–H and O–H groups in total. The van der Waals surface area contributed by atoms with Crippen LogP contribution in [-0.2, 0) is 33.8 Å². The molecule has 0 aromatic carbocycles. The summed E-state index contributed by atoms with van der Waals surface area (Å²) in [5.41, 5.74) is 1.82. The van der Waals surface area contributed by atoms with Crippen molar-refractivity contribution in [2.45, 2.75) is 57.7 Å². The minimum Gasteiger partial charge on any atom is -0.481 e. The van der Waals surface area contributed by atoms with Gasteiger partial charge in [-0.3, -0.25) is 14.3 Å². The second-order valence-electron chi connectivity index (χ2n) is 8.16. The van der Waals surface area contributed by atoms with Crippen LogP contribution in [0.15, 0.2) is 6.07 Å². The van der Waals surface area contributed by atoms with Gasteiger partial charge in [0.2, 0.25) is 5.91 Å². The zero-order valence-corrected chi connectivity index (χ0v) is 16.4. The average molecular weight is 390 g/mol. The molecule has 154 valence electrons. The Hall–Kier alpha value is -1.93. The highest BCUT2D eigenvalue weighted by Crippen LogP contribution is 2.26. The number of fused-ring (bicyclic) bond motifs is 1. The summed E-state index contributed by atoms with van der Waals surface area (Å²) in [6.45, 7) is 5.69. The molecule has 0 bridgehead atoms. The topological polar surface area (TPSA) is 87.9 Å². The Balaban J connectivity index is 1.29. The SMILES string of the molecule is O=C(O)CCc1cc2n(n1)CCN(C(=O)C1CCN(C3CCOCC3)CC1)C2. The highest BCUT2D eigenvalue weighted by Gasteiger charge is 2.33. The predicted octanol–water partition coefficient (Wildman–Crippen LogP) is 1.13. The third kappa shape index (κ3) is 4.38. The zero-order chi connectivity index (χ0) is 19.5. The van der Waals surface area contributed by atoms with Crippen molar-refractivity contribution >= 4 is 11.9 Å². The maximum Gasteiger partial charge on any atom is 0.303 e. The fourth-order valence-electron chi connectivity index (χ4n) is 4.69. The normalized spacial score (nSPS) is 22.2. The molecule has 8 nitrogen and oxygen atoms in total. The van der Waals surface area contributed by atoms with Gasteiger partial charge in [0.05, 0.1) is 30.9 Å². The van der Waals surface area contributed by atoms with Crippen LogP contribution in [0.4, 0.5) is 0 Å². The molecule has 1 amide bonds. The molecule has 0 saturated carbocycles. The first-order valence-corrected chi connectivity index (χ1v) is 10.5. The van der Waals surface area contributed by atoms with Gasteiger partial charge in [0, 0.05) is 38.1 Å². The Morgan fingerprint density at radius 2 is 1.86 bits per heavy atom. The van der Waals surface area contributed by atoms with Gasteiger partial charge in [0.15, 0.2) is 0 Å². The maximum absolute atomic E-state index is 13.0. The molecule has 2 saturated heterocycles. The van der Waals surface area contributed by atoms with Gasteiger partial charge in [-0.15, -0.1) is 0 Å². The fraction of sp³-hybridized carbons (Fsp3) is 0.750. The quantitative estimate of drug-likeness (QED) is 0.811. The summed E-state index contributed by atoms with van der Waals surface area (Å²) in [7, 11) is 0. The van der Waals surface area contributed by atoms with E-state index in [4.69, 9.17) is 9.84 Å². The number of rotatable bonds is 5. The number of hydrogen-bond acceptors (Lipinski definition) is 5. The van der Waals surface area contributed by atoms with Crippen molar-refractivity contribution in [3.8, 4) is 0 Å².